The van der Waals surface area contributed by atoms with Crippen LogP contribution < -0.4 is 0 Å². The first-order valence-corrected chi connectivity index (χ1v) is 8.37. The summed E-state index contributed by atoms with van der Waals surface area (Å²) in [6, 6.07) is 6.87. The number of hydrogen-bond acceptors (Lipinski definition) is 4. The molecule has 0 N–H and O–H groups in total. The number of fused-ring (bicyclic) bond motifs is 1. The van der Waals surface area contributed by atoms with Gasteiger partial charge in [0.25, 0.3) is 11.8 Å². The molecule has 1 aromatic rings. The van der Waals surface area contributed by atoms with Gasteiger partial charge in [-0.15, -0.1) is 0 Å². The Kier molecular flexibility index (Phi) is 4.66. The third-order valence-electron chi connectivity index (χ3n) is 4.85. The summed E-state index contributed by atoms with van der Waals surface area (Å²) >= 11 is 0. The largest absolute Gasteiger partial charge is 0.375 e. The van der Waals surface area contributed by atoms with Gasteiger partial charge in [0, 0.05) is 19.5 Å². The topological polar surface area (TPSA) is 66.9 Å². The van der Waals surface area contributed by atoms with Gasteiger partial charge in [-0.05, 0) is 32.4 Å². The van der Waals surface area contributed by atoms with E-state index in [1.807, 2.05) is 18.7 Å². The van der Waals surface area contributed by atoms with E-state index in [0.717, 1.165) is 0 Å². The lowest BCUT2D eigenvalue weighted by Crippen LogP contribution is -2.51. The lowest BCUT2D eigenvalue weighted by molar-refractivity contribution is -0.144. The van der Waals surface area contributed by atoms with Crippen molar-refractivity contribution >= 4 is 17.7 Å². The summed E-state index contributed by atoms with van der Waals surface area (Å²) in [5.41, 5.74) is 0.897. The average Bonchev–Trinajstić information content (AvgIpc) is 2.82. The number of carbonyl (C=O) groups is 3. The lowest BCUT2D eigenvalue weighted by atomic mass is 10.1. The molecule has 1 aromatic carbocycles. The molecule has 2 aliphatic heterocycles. The number of morpholine rings is 1. The molecule has 6 nitrogen and oxygen atoms in total. The summed E-state index contributed by atoms with van der Waals surface area (Å²) in [4.78, 5) is 40.0. The molecular formula is C18H22N2O4. The highest BCUT2D eigenvalue weighted by molar-refractivity contribution is 6.21. The number of imide groups is 1. The SMILES string of the molecule is CC1OCCN(C(=O)CCCN2C(=O)c3ccccc3C2=O)C1C. The van der Waals surface area contributed by atoms with Crippen LogP contribution in [0.2, 0.25) is 0 Å². The number of carbonyl (C=O) groups excluding carboxylic acids is 3. The van der Waals surface area contributed by atoms with Gasteiger partial charge in [0.05, 0.1) is 29.9 Å². The molecule has 128 valence electrons. The molecule has 0 radical (unpaired) electrons. The van der Waals surface area contributed by atoms with Gasteiger partial charge in [0.15, 0.2) is 0 Å². The van der Waals surface area contributed by atoms with Crippen LogP contribution in [-0.4, -0.2) is 59.4 Å². The second-order valence-corrected chi connectivity index (χ2v) is 6.31. The van der Waals surface area contributed by atoms with E-state index >= 15 is 0 Å². The molecule has 0 aromatic heterocycles. The molecule has 2 aliphatic rings. The Morgan fingerprint density at radius 2 is 1.79 bits per heavy atom. The molecule has 2 unspecified atom stereocenters. The van der Waals surface area contributed by atoms with Crippen molar-refractivity contribution in [1.82, 2.24) is 9.80 Å². The van der Waals surface area contributed by atoms with Crippen molar-refractivity contribution < 1.29 is 19.1 Å². The van der Waals surface area contributed by atoms with Crippen LogP contribution in [0.5, 0.6) is 0 Å². The Morgan fingerprint density at radius 1 is 1.17 bits per heavy atom. The van der Waals surface area contributed by atoms with Gasteiger partial charge < -0.3 is 9.64 Å². The number of rotatable bonds is 4. The van der Waals surface area contributed by atoms with Gasteiger partial charge in [-0.1, -0.05) is 12.1 Å². The van der Waals surface area contributed by atoms with Crippen LogP contribution in [0.1, 0.15) is 47.4 Å². The Labute approximate surface area is 141 Å². The fourth-order valence-corrected chi connectivity index (χ4v) is 3.26. The molecule has 2 heterocycles. The summed E-state index contributed by atoms with van der Waals surface area (Å²) in [6.45, 7) is 5.36. The maximum Gasteiger partial charge on any atom is 0.261 e. The van der Waals surface area contributed by atoms with E-state index in [2.05, 4.69) is 0 Å². The van der Waals surface area contributed by atoms with Crippen LogP contribution in [0.15, 0.2) is 24.3 Å². The minimum absolute atomic E-state index is 0.0268. The van der Waals surface area contributed by atoms with Crippen LogP contribution in [0.4, 0.5) is 0 Å². The normalized spacial score (nSPS) is 23.6. The smallest absolute Gasteiger partial charge is 0.261 e. The van der Waals surface area contributed by atoms with Crippen molar-refractivity contribution in [2.24, 2.45) is 0 Å². The Balaban J connectivity index is 1.55. The number of ether oxygens (including phenoxy) is 1. The third-order valence-corrected chi connectivity index (χ3v) is 4.85. The van der Waals surface area contributed by atoms with Crippen molar-refractivity contribution in [3.8, 4) is 0 Å². The van der Waals surface area contributed by atoms with Crippen molar-refractivity contribution in [3.05, 3.63) is 35.4 Å². The Hall–Kier alpha value is -2.21. The fraction of sp³-hybridized carbons (Fsp3) is 0.500. The lowest BCUT2D eigenvalue weighted by Gasteiger charge is -2.38. The van der Waals surface area contributed by atoms with Crippen LogP contribution in [0, 0.1) is 0 Å². The molecule has 1 saturated heterocycles. The first-order chi connectivity index (χ1) is 11.5. The maximum absolute atomic E-state index is 12.4. The van der Waals surface area contributed by atoms with Gasteiger partial charge in [-0.25, -0.2) is 0 Å². The summed E-state index contributed by atoms with van der Waals surface area (Å²) in [7, 11) is 0. The highest BCUT2D eigenvalue weighted by Gasteiger charge is 2.35. The molecule has 1 fully saturated rings. The van der Waals surface area contributed by atoms with E-state index in [0.29, 0.717) is 37.1 Å². The zero-order valence-corrected chi connectivity index (χ0v) is 14.0. The molecule has 2 atom stereocenters. The Bertz CT molecular complexity index is 638. The molecule has 24 heavy (non-hydrogen) atoms. The zero-order valence-electron chi connectivity index (χ0n) is 14.0. The predicted molar refractivity (Wildman–Crippen MR) is 87.6 cm³/mol. The van der Waals surface area contributed by atoms with E-state index in [4.69, 9.17) is 4.74 Å². The van der Waals surface area contributed by atoms with Gasteiger partial charge >= 0.3 is 0 Å². The average molecular weight is 330 g/mol. The number of nitrogens with zero attached hydrogens (tertiary/aromatic N) is 2. The second-order valence-electron chi connectivity index (χ2n) is 6.31. The van der Waals surface area contributed by atoms with Gasteiger partial charge in [0.1, 0.15) is 0 Å². The zero-order chi connectivity index (χ0) is 17.3. The predicted octanol–water partition coefficient (Wildman–Crippen LogP) is 1.70. The monoisotopic (exact) mass is 330 g/mol. The van der Waals surface area contributed by atoms with Crippen molar-refractivity contribution in [2.45, 2.75) is 38.8 Å². The van der Waals surface area contributed by atoms with Gasteiger partial charge in [-0.2, -0.15) is 0 Å². The molecule has 0 saturated carbocycles. The first-order valence-electron chi connectivity index (χ1n) is 8.37. The minimum atomic E-state index is -0.267. The van der Waals surface area contributed by atoms with Crippen molar-refractivity contribution in [3.63, 3.8) is 0 Å². The van der Waals surface area contributed by atoms with E-state index in [9.17, 15) is 14.4 Å². The summed E-state index contributed by atoms with van der Waals surface area (Å²) in [5.74, 6) is -0.484. The molecule has 0 aliphatic carbocycles. The quantitative estimate of drug-likeness (QED) is 0.788. The summed E-state index contributed by atoms with van der Waals surface area (Å²) in [6.07, 6.45) is 0.826. The van der Waals surface area contributed by atoms with Crippen LogP contribution in [-0.2, 0) is 9.53 Å². The van der Waals surface area contributed by atoms with E-state index < -0.39 is 0 Å². The maximum atomic E-state index is 12.4. The molecule has 3 rings (SSSR count). The van der Waals surface area contributed by atoms with E-state index in [-0.39, 0.29) is 36.4 Å². The fourth-order valence-electron chi connectivity index (χ4n) is 3.26. The van der Waals surface area contributed by atoms with Crippen LogP contribution in [0.3, 0.4) is 0 Å². The highest BCUT2D eigenvalue weighted by atomic mass is 16.5. The summed E-state index contributed by atoms with van der Waals surface area (Å²) in [5, 5.41) is 0. The Morgan fingerprint density at radius 3 is 2.42 bits per heavy atom. The number of hydrogen-bond donors (Lipinski definition) is 0. The second kappa shape index (κ2) is 6.73. The number of benzene rings is 1. The molecular weight excluding hydrogens is 308 g/mol. The highest BCUT2D eigenvalue weighted by Crippen LogP contribution is 2.23. The van der Waals surface area contributed by atoms with Crippen molar-refractivity contribution in [1.29, 1.82) is 0 Å². The summed E-state index contributed by atoms with van der Waals surface area (Å²) < 4.78 is 5.53. The standard InChI is InChI=1S/C18H22N2O4/c1-12-13(2)24-11-10-19(12)16(21)8-5-9-20-17(22)14-6-3-4-7-15(14)18(20)23/h3-4,6-7,12-13H,5,8-11H2,1-2H3. The third kappa shape index (κ3) is 2.94. The molecule has 0 bridgehead atoms. The van der Waals surface area contributed by atoms with E-state index in [1.54, 1.807) is 24.3 Å². The minimum Gasteiger partial charge on any atom is -0.375 e. The molecule has 3 amide bonds. The molecule has 6 heteroatoms. The van der Waals surface area contributed by atoms with Crippen LogP contribution >= 0.6 is 0 Å². The van der Waals surface area contributed by atoms with E-state index in [1.165, 1.54) is 4.90 Å². The van der Waals surface area contributed by atoms with Gasteiger partial charge in [0.2, 0.25) is 5.91 Å². The number of amides is 3. The van der Waals surface area contributed by atoms with Crippen LogP contribution in [0.25, 0.3) is 0 Å². The van der Waals surface area contributed by atoms with Crippen molar-refractivity contribution in [2.75, 3.05) is 19.7 Å². The first kappa shape index (κ1) is 16.6. The molecule has 0 spiro atoms. The van der Waals surface area contributed by atoms with Gasteiger partial charge in [-0.3, -0.25) is 19.3 Å².